The van der Waals surface area contributed by atoms with E-state index in [2.05, 4.69) is 15.5 Å². The van der Waals surface area contributed by atoms with Gasteiger partial charge in [0.1, 0.15) is 0 Å². The first kappa shape index (κ1) is 16.5. The third-order valence-corrected chi connectivity index (χ3v) is 2.89. The molecule has 0 aliphatic rings. The highest BCUT2D eigenvalue weighted by molar-refractivity contribution is 5.94. The van der Waals surface area contributed by atoms with Crippen molar-refractivity contribution >= 4 is 12.1 Å². The first-order chi connectivity index (χ1) is 11.2. The molecular formula is C17H19N3O3. The number of rotatable bonds is 7. The normalized spacial score (nSPS) is 10.5. The van der Waals surface area contributed by atoms with E-state index in [-0.39, 0.29) is 5.91 Å². The molecule has 1 heterocycles. The molecule has 2 rings (SSSR count). The summed E-state index contributed by atoms with van der Waals surface area (Å²) in [6.45, 7) is 4.93. The van der Waals surface area contributed by atoms with Crippen molar-refractivity contribution in [3.8, 4) is 11.5 Å². The van der Waals surface area contributed by atoms with Crippen LogP contribution >= 0.6 is 0 Å². The number of nitrogens with zero attached hydrogens (tertiary/aromatic N) is 2. The number of amides is 1. The third kappa shape index (κ3) is 4.81. The molecule has 1 aromatic heterocycles. The maximum Gasteiger partial charge on any atom is 0.271 e. The molecule has 6 nitrogen and oxygen atoms in total. The number of carbonyl (C=O) groups is 1. The van der Waals surface area contributed by atoms with Gasteiger partial charge >= 0.3 is 0 Å². The summed E-state index contributed by atoms with van der Waals surface area (Å²) in [6, 6.07) is 8.72. The minimum Gasteiger partial charge on any atom is -0.490 e. The lowest BCUT2D eigenvalue weighted by Crippen LogP contribution is -2.17. The highest BCUT2D eigenvalue weighted by Crippen LogP contribution is 2.27. The standard InChI is InChI=1S/C17H19N3O3/c1-3-22-15-6-5-13(11-16(15)23-4-2)12-19-20-17(21)14-7-9-18-10-8-14/h5-12H,3-4H2,1-2H3,(H,20,21)/b19-12+. The van der Waals surface area contributed by atoms with Gasteiger partial charge in [-0.05, 0) is 49.7 Å². The van der Waals surface area contributed by atoms with Gasteiger partial charge in [0.25, 0.3) is 5.91 Å². The number of aromatic nitrogens is 1. The van der Waals surface area contributed by atoms with E-state index >= 15 is 0 Å². The number of benzene rings is 1. The zero-order chi connectivity index (χ0) is 16.5. The molecule has 0 spiro atoms. The monoisotopic (exact) mass is 313 g/mol. The molecule has 1 aromatic carbocycles. The maximum atomic E-state index is 11.8. The predicted octanol–water partition coefficient (Wildman–Crippen LogP) is 2.64. The number of nitrogens with one attached hydrogen (secondary N) is 1. The van der Waals surface area contributed by atoms with Crippen LogP contribution in [0.4, 0.5) is 0 Å². The summed E-state index contributed by atoms with van der Waals surface area (Å²) in [4.78, 5) is 15.7. The van der Waals surface area contributed by atoms with Crippen molar-refractivity contribution in [1.29, 1.82) is 0 Å². The summed E-state index contributed by atoms with van der Waals surface area (Å²) in [5.41, 5.74) is 3.77. The van der Waals surface area contributed by atoms with Gasteiger partial charge < -0.3 is 9.47 Å². The highest BCUT2D eigenvalue weighted by Gasteiger charge is 2.05. The second-order valence-electron chi connectivity index (χ2n) is 4.51. The molecule has 0 saturated carbocycles. The Balaban J connectivity index is 2.04. The van der Waals surface area contributed by atoms with Crippen LogP contribution in [0.25, 0.3) is 0 Å². The van der Waals surface area contributed by atoms with Crippen LogP contribution in [0.5, 0.6) is 11.5 Å². The summed E-state index contributed by atoms with van der Waals surface area (Å²) in [7, 11) is 0. The van der Waals surface area contributed by atoms with Gasteiger partial charge in [-0.3, -0.25) is 9.78 Å². The highest BCUT2D eigenvalue weighted by atomic mass is 16.5. The van der Waals surface area contributed by atoms with Gasteiger partial charge in [-0.1, -0.05) is 0 Å². The fourth-order valence-corrected chi connectivity index (χ4v) is 1.88. The number of hydrogen-bond donors (Lipinski definition) is 1. The molecular weight excluding hydrogens is 294 g/mol. The van der Waals surface area contributed by atoms with Gasteiger partial charge in [-0.25, -0.2) is 5.43 Å². The molecule has 2 aromatic rings. The van der Waals surface area contributed by atoms with E-state index in [9.17, 15) is 4.79 Å². The van der Waals surface area contributed by atoms with Crippen LogP contribution < -0.4 is 14.9 Å². The molecule has 1 N–H and O–H groups in total. The Morgan fingerprint density at radius 2 is 1.83 bits per heavy atom. The Hall–Kier alpha value is -2.89. The van der Waals surface area contributed by atoms with E-state index in [1.807, 2.05) is 32.0 Å². The van der Waals surface area contributed by atoms with Gasteiger partial charge in [0.2, 0.25) is 0 Å². The molecule has 0 radical (unpaired) electrons. The topological polar surface area (TPSA) is 72.8 Å². The largest absolute Gasteiger partial charge is 0.490 e. The lowest BCUT2D eigenvalue weighted by atomic mass is 10.2. The van der Waals surface area contributed by atoms with Crippen LogP contribution in [0.1, 0.15) is 29.8 Å². The first-order valence-electron chi connectivity index (χ1n) is 7.37. The molecule has 0 aliphatic heterocycles. The lowest BCUT2D eigenvalue weighted by molar-refractivity contribution is 0.0955. The fraction of sp³-hybridized carbons (Fsp3) is 0.235. The SMILES string of the molecule is CCOc1ccc(/C=N/NC(=O)c2ccncc2)cc1OCC. The minimum absolute atomic E-state index is 0.292. The Kier molecular flexibility index (Phi) is 6.11. The van der Waals surface area contributed by atoms with Crippen LogP contribution in [0.2, 0.25) is 0 Å². The van der Waals surface area contributed by atoms with Gasteiger partial charge in [0.15, 0.2) is 11.5 Å². The smallest absolute Gasteiger partial charge is 0.271 e. The number of hydrogen-bond acceptors (Lipinski definition) is 5. The van der Waals surface area contributed by atoms with E-state index in [0.717, 1.165) is 5.56 Å². The maximum absolute atomic E-state index is 11.8. The third-order valence-electron chi connectivity index (χ3n) is 2.89. The first-order valence-corrected chi connectivity index (χ1v) is 7.37. The zero-order valence-electron chi connectivity index (χ0n) is 13.2. The molecule has 0 aliphatic carbocycles. The summed E-state index contributed by atoms with van der Waals surface area (Å²) in [5.74, 6) is 1.05. The molecule has 0 unspecified atom stereocenters. The van der Waals surface area contributed by atoms with Crippen molar-refractivity contribution in [3.63, 3.8) is 0 Å². The van der Waals surface area contributed by atoms with Gasteiger partial charge in [-0.2, -0.15) is 5.10 Å². The molecule has 0 bridgehead atoms. The molecule has 120 valence electrons. The number of pyridine rings is 1. The molecule has 23 heavy (non-hydrogen) atoms. The van der Waals surface area contributed by atoms with Crippen molar-refractivity contribution in [2.24, 2.45) is 5.10 Å². The Morgan fingerprint density at radius 3 is 2.52 bits per heavy atom. The number of hydrazone groups is 1. The van der Waals surface area contributed by atoms with E-state index < -0.39 is 0 Å². The average Bonchev–Trinajstić information content (AvgIpc) is 2.58. The second-order valence-corrected chi connectivity index (χ2v) is 4.51. The van der Waals surface area contributed by atoms with Crippen molar-refractivity contribution in [2.75, 3.05) is 13.2 Å². The van der Waals surface area contributed by atoms with Gasteiger partial charge in [0.05, 0.1) is 19.4 Å². The molecule has 0 saturated heterocycles. The van der Waals surface area contributed by atoms with E-state index in [0.29, 0.717) is 30.3 Å². The Bertz CT molecular complexity index is 672. The summed E-state index contributed by atoms with van der Waals surface area (Å²) >= 11 is 0. The van der Waals surface area contributed by atoms with Gasteiger partial charge in [0, 0.05) is 18.0 Å². The second kappa shape index (κ2) is 8.53. The van der Waals surface area contributed by atoms with Crippen LogP contribution in [-0.4, -0.2) is 30.3 Å². The quantitative estimate of drug-likeness (QED) is 0.630. The van der Waals surface area contributed by atoms with Crippen molar-refractivity contribution in [3.05, 3.63) is 53.9 Å². The van der Waals surface area contributed by atoms with E-state index in [1.54, 1.807) is 30.7 Å². The van der Waals surface area contributed by atoms with Crippen LogP contribution in [0, 0.1) is 0 Å². The Morgan fingerprint density at radius 1 is 1.13 bits per heavy atom. The van der Waals surface area contributed by atoms with Crippen molar-refractivity contribution in [2.45, 2.75) is 13.8 Å². The van der Waals surface area contributed by atoms with Crippen LogP contribution in [0.15, 0.2) is 47.8 Å². The van der Waals surface area contributed by atoms with E-state index in [1.165, 1.54) is 0 Å². The predicted molar refractivity (Wildman–Crippen MR) is 88.1 cm³/mol. The molecule has 0 atom stereocenters. The van der Waals surface area contributed by atoms with Crippen LogP contribution in [-0.2, 0) is 0 Å². The average molecular weight is 313 g/mol. The van der Waals surface area contributed by atoms with Gasteiger partial charge in [-0.15, -0.1) is 0 Å². The fourth-order valence-electron chi connectivity index (χ4n) is 1.88. The van der Waals surface area contributed by atoms with E-state index in [4.69, 9.17) is 9.47 Å². The molecule has 0 fully saturated rings. The zero-order valence-corrected chi connectivity index (χ0v) is 13.2. The van der Waals surface area contributed by atoms with Crippen molar-refractivity contribution < 1.29 is 14.3 Å². The summed E-state index contributed by atoms with van der Waals surface area (Å²) in [6.07, 6.45) is 4.66. The minimum atomic E-state index is -0.292. The molecule has 6 heteroatoms. The van der Waals surface area contributed by atoms with Crippen molar-refractivity contribution in [1.82, 2.24) is 10.4 Å². The number of carbonyl (C=O) groups excluding carboxylic acids is 1. The summed E-state index contributed by atoms with van der Waals surface area (Å²) < 4.78 is 11.0. The van der Waals surface area contributed by atoms with Crippen LogP contribution in [0.3, 0.4) is 0 Å². The molecule has 1 amide bonds. The summed E-state index contributed by atoms with van der Waals surface area (Å²) in [5, 5.41) is 3.95. The number of ether oxygens (including phenoxy) is 2. The lowest BCUT2D eigenvalue weighted by Gasteiger charge is -2.11. The Labute approximate surface area is 135 Å².